The molecule has 1 heterocycles. The molecule has 4 N–H and O–H groups in total. The number of amides is 2. The van der Waals surface area contributed by atoms with Crippen molar-refractivity contribution in [2.75, 3.05) is 13.1 Å². The molecule has 1 aliphatic heterocycles. The molecule has 4 rings (SSSR count). The topological polar surface area (TPSA) is 102 Å². The summed E-state index contributed by atoms with van der Waals surface area (Å²) in [5, 5.41) is 27.2. The molecule has 39 heavy (non-hydrogen) atoms. The minimum atomic E-state index is -1.01. The van der Waals surface area contributed by atoms with Crippen LogP contribution in [0.3, 0.4) is 0 Å². The number of carbonyl (C=O) groups is 2. The molecule has 7 nitrogen and oxygen atoms in total. The zero-order valence-corrected chi connectivity index (χ0v) is 23.2. The fraction of sp³-hybridized carbons (Fsp3) is 0.548. The highest BCUT2D eigenvalue weighted by molar-refractivity contribution is 5.95. The molecule has 1 aliphatic carbocycles. The third kappa shape index (κ3) is 7.57. The van der Waals surface area contributed by atoms with Crippen molar-refractivity contribution in [2.24, 2.45) is 11.8 Å². The van der Waals surface area contributed by atoms with Gasteiger partial charge in [-0.15, -0.1) is 0 Å². The Morgan fingerprint density at radius 1 is 1.05 bits per heavy atom. The van der Waals surface area contributed by atoms with E-state index in [-0.39, 0.29) is 29.6 Å². The number of β-amino-alcohol motifs (C(OH)–C–C–N with tert-alkyl or cyclic N) is 1. The molecule has 0 spiro atoms. The van der Waals surface area contributed by atoms with Gasteiger partial charge in [0, 0.05) is 18.6 Å². The quantitative estimate of drug-likeness (QED) is 0.406. The number of rotatable bonds is 8. The van der Waals surface area contributed by atoms with E-state index in [9.17, 15) is 24.2 Å². The van der Waals surface area contributed by atoms with E-state index in [1.807, 2.05) is 51.1 Å². The molecule has 2 aromatic rings. The average Bonchev–Trinajstić information content (AvgIpc) is 2.89. The van der Waals surface area contributed by atoms with Crippen LogP contribution in [0.4, 0.5) is 4.39 Å². The highest BCUT2D eigenvalue weighted by atomic mass is 19.1. The molecule has 1 saturated carbocycles. The van der Waals surface area contributed by atoms with E-state index in [4.69, 9.17) is 0 Å². The highest BCUT2D eigenvalue weighted by Gasteiger charge is 2.41. The van der Waals surface area contributed by atoms with Crippen LogP contribution in [0.2, 0.25) is 0 Å². The summed E-state index contributed by atoms with van der Waals surface area (Å²) in [6.45, 7) is 6.80. The Bertz CT molecular complexity index is 1140. The third-order valence-electron chi connectivity index (χ3n) is 8.03. The number of halogens is 1. The molecule has 5 atom stereocenters. The van der Waals surface area contributed by atoms with Gasteiger partial charge in [0.1, 0.15) is 0 Å². The second-order valence-electron chi connectivity index (χ2n) is 12.2. The van der Waals surface area contributed by atoms with Gasteiger partial charge in [-0.1, -0.05) is 55.7 Å². The molecular weight excluding hydrogens is 497 g/mol. The lowest BCUT2D eigenvalue weighted by atomic mass is 9.72. The SMILES string of the molecule is CC(C)(C)NC(=O)[C@@H]1C[C@@H]2CCCC[C@@H]2CN1C[C@@H](O)[C@H](Cc1ccccc1)NC(=O)c1cccc(O)c1F. The summed E-state index contributed by atoms with van der Waals surface area (Å²) >= 11 is 0. The fourth-order valence-corrected chi connectivity index (χ4v) is 6.09. The first-order valence-corrected chi connectivity index (χ1v) is 14.1. The van der Waals surface area contributed by atoms with Crippen molar-refractivity contribution in [1.29, 1.82) is 0 Å². The number of benzene rings is 2. The highest BCUT2D eigenvalue weighted by Crippen LogP contribution is 2.39. The van der Waals surface area contributed by atoms with E-state index < -0.39 is 29.6 Å². The first-order valence-electron chi connectivity index (χ1n) is 14.1. The maximum Gasteiger partial charge on any atom is 0.254 e. The molecule has 2 fully saturated rings. The third-order valence-corrected chi connectivity index (χ3v) is 8.03. The molecule has 0 bridgehead atoms. The Hall–Kier alpha value is -2.97. The Labute approximate surface area is 230 Å². The number of aliphatic hydroxyl groups excluding tert-OH is 1. The zero-order valence-electron chi connectivity index (χ0n) is 23.2. The van der Waals surface area contributed by atoms with Crippen LogP contribution in [-0.4, -0.2) is 63.7 Å². The van der Waals surface area contributed by atoms with Gasteiger partial charge in [0.15, 0.2) is 11.6 Å². The predicted molar refractivity (Wildman–Crippen MR) is 149 cm³/mol. The fourth-order valence-electron chi connectivity index (χ4n) is 6.09. The summed E-state index contributed by atoms with van der Waals surface area (Å²) in [7, 11) is 0. The van der Waals surface area contributed by atoms with Crippen molar-refractivity contribution < 1.29 is 24.2 Å². The van der Waals surface area contributed by atoms with Crippen LogP contribution in [0.25, 0.3) is 0 Å². The number of carbonyl (C=O) groups excluding carboxylic acids is 2. The number of phenolic OH excluding ortho intramolecular Hbond substituents is 1. The average molecular weight is 540 g/mol. The molecule has 8 heteroatoms. The van der Waals surface area contributed by atoms with Crippen LogP contribution in [0.5, 0.6) is 5.75 Å². The number of nitrogens with zero attached hydrogens (tertiary/aromatic N) is 1. The van der Waals surface area contributed by atoms with Gasteiger partial charge in [0.2, 0.25) is 5.91 Å². The van der Waals surface area contributed by atoms with Crippen LogP contribution in [0.15, 0.2) is 48.5 Å². The van der Waals surface area contributed by atoms with E-state index in [1.165, 1.54) is 31.0 Å². The zero-order chi connectivity index (χ0) is 28.2. The monoisotopic (exact) mass is 539 g/mol. The smallest absolute Gasteiger partial charge is 0.254 e. The van der Waals surface area contributed by atoms with Gasteiger partial charge in [-0.2, -0.15) is 0 Å². The number of hydrogen-bond acceptors (Lipinski definition) is 5. The number of nitrogens with one attached hydrogen (secondary N) is 2. The summed E-state index contributed by atoms with van der Waals surface area (Å²) < 4.78 is 14.5. The Balaban J connectivity index is 1.56. The maximum atomic E-state index is 14.5. The Kier molecular flexibility index (Phi) is 9.28. The molecule has 212 valence electrons. The minimum absolute atomic E-state index is 0.0378. The molecule has 0 aromatic heterocycles. The summed E-state index contributed by atoms with van der Waals surface area (Å²) in [6, 6.07) is 12.3. The second-order valence-corrected chi connectivity index (χ2v) is 12.2. The molecular formula is C31H42FN3O4. The molecule has 2 amide bonds. The molecule has 0 unspecified atom stereocenters. The summed E-state index contributed by atoms with van der Waals surface area (Å²) in [5.41, 5.74) is 0.247. The van der Waals surface area contributed by atoms with Crippen LogP contribution in [-0.2, 0) is 11.2 Å². The second kappa shape index (κ2) is 12.5. The van der Waals surface area contributed by atoms with Gasteiger partial charge in [0.05, 0.1) is 23.8 Å². The van der Waals surface area contributed by atoms with Gasteiger partial charge < -0.3 is 20.8 Å². The first-order chi connectivity index (χ1) is 18.5. The number of likely N-dealkylation sites (tertiary alicyclic amines) is 1. The number of piperidine rings is 1. The Morgan fingerprint density at radius 2 is 1.74 bits per heavy atom. The van der Waals surface area contributed by atoms with E-state index in [0.717, 1.165) is 31.4 Å². The normalized spacial score (nSPS) is 23.4. The number of fused-ring (bicyclic) bond motifs is 1. The number of aromatic hydroxyl groups is 1. The molecule has 2 aliphatic rings. The molecule has 1 saturated heterocycles. The summed E-state index contributed by atoms with van der Waals surface area (Å²) in [6.07, 6.45) is 4.68. The first kappa shape index (κ1) is 29.0. The van der Waals surface area contributed by atoms with Crippen LogP contribution >= 0.6 is 0 Å². The van der Waals surface area contributed by atoms with Crippen LogP contribution in [0.1, 0.15) is 68.8 Å². The van der Waals surface area contributed by atoms with Gasteiger partial charge in [0.25, 0.3) is 5.91 Å². The number of hydrogen-bond donors (Lipinski definition) is 4. The summed E-state index contributed by atoms with van der Waals surface area (Å²) in [5.74, 6) is -1.38. The maximum absolute atomic E-state index is 14.5. The van der Waals surface area contributed by atoms with Crippen molar-refractivity contribution in [1.82, 2.24) is 15.5 Å². The predicted octanol–water partition coefficient (Wildman–Crippen LogP) is 4.03. The standard InChI is InChI=1S/C31H42FN3O4/c1-31(2,3)34-30(39)25-17-21-12-7-8-13-22(21)18-35(25)19-27(37)24(16-20-10-5-4-6-11-20)33-29(38)23-14-9-15-26(36)28(23)32/h4-6,9-11,14-15,21-22,24-25,27,36-37H,7-8,12-13,16-19H2,1-3H3,(H,33,38)(H,34,39)/t21-,22+,24-,25-,27+/m0/s1. The van der Waals surface area contributed by atoms with Crippen molar-refractivity contribution in [3.8, 4) is 5.75 Å². The van der Waals surface area contributed by atoms with Crippen LogP contribution in [0, 0.1) is 17.7 Å². The van der Waals surface area contributed by atoms with Crippen molar-refractivity contribution >= 4 is 11.8 Å². The van der Waals surface area contributed by atoms with E-state index >= 15 is 0 Å². The van der Waals surface area contributed by atoms with Crippen molar-refractivity contribution in [2.45, 2.75) is 83.0 Å². The van der Waals surface area contributed by atoms with Gasteiger partial charge in [-0.05, 0) is 69.6 Å². The van der Waals surface area contributed by atoms with Gasteiger partial charge in [-0.3, -0.25) is 14.5 Å². The van der Waals surface area contributed by atoms with Crippen LogP contribution < -0.4 is 10.6 Å². The van der Waals surface area contributed by atoms with Crippen molar-refractivity contribution in [3.63, 3.8) is 0 Å². The minimum Gasteiger partial charge on any atom is -0.505 e. The molecule has 0 radical (unpaired) electrons. The molecule has 2 aromatic carbocycles. The number of phenols is 1. The largest absolute Gasteiger partial charge is 0.505 e. The van der Waals surface area contributed by atoms with E-state index in [0.29, 0.717) is 18.3 Å². The summed E-state index contributed by atoms with van der Waals surface area (Å²) in [4.78, 5) is 28.6. The lowest BCUT2D eigenvalue weighted by Gasteiger charge is -2.47. The lowest BCUT2D eigenvalue weighted by molar-refractivity contribution is -0.132. The lowest BCUT2D eigenvalue weighted by Crippen LogP contribution is -2.60. The number of aliphatic hydroxyl groups is 1. The van der Waals surface area contributed by atoms with Gasteiger partial charge in [-0.25, -0.2) is 4.39 Å². The Morgan fingerprint density at radius 3 is 2.44 bits per heavy atom. The van der Waals surface area contributed by atoms with Crippen molar-refractivity contribution in [3.05, 3.63) is 65.5 Å². The van der Waals surface area contributed by atoms with Gasteiger partial charge >= 0.3 is 0 Å². The van der Waals surface area contributed by atoms with E-state index in [1.54, 1.807) is 0 Å². The van der Waals surface area contributed by atoms with E-state index in [2.05, 4.69) is 15.5 Å².